The largest absolute Gasteiger partial charge is 0.481 e. The van der Waals surface area contributed by atoms with Crippen LogP contribution in [-0.4, -0.2) is 29.6 Å². The standard InChI is InChI=1S/C13H19NO2/c1-10-4-6-12(7-5-10)11(2)14(3)9-8-13(15)16/h4-7,11H,8-9H2,1-3H3,(H,15,16). The summed E-state index contributed by atoms with van der Waals surface area (Å²) in [6, 6.07) is 8.60. The molecule has 0 aromatic heterocycles. The molecule has 0 bridgehead atoms. The molecule has 1 aromatic carbocycles. The van der Waals surface area contributed by atoms with E-state index in [1.165, 1.54) is 11.1 Å². The van der Waals surface area contributed by atoms with E-state index < -0.39 is 5.97 Å². The first-order valence-electron chi connectivity index (χ1n) is 5.49. The van der Waals surface area contributed by atoms with Crippen LogP contribution in [0, 0.1) is 6.92 Å². The number of aliphatic carboxylic acids is 1. The third-order valence-corrected chi connectivity index (χ3v) is 2.90. The molecule has 1 rings (SSSR count). The molecular weight excluding hydrogens is 202 g/mol. The molecule has 0 aliphatic heterocycles. The van der Waals surface area contributed by atoms with Crippen LogP contribution in [-0.2, 0) is 4.79 Å². The summed E-state index contributed by atoms with van der Waals surface area (Å²) in [5.41, 5.74) is 2.46. The summed E-state index contributed by atoms with van der Waals surface area (Å²) in [7, 11) is 1.95. The van der Waals surface area contributed by atoms with E-state index in [2.05, 4.69) is 43.0 Å². The van der Waals surface area contributed by atoms with Crippen LogP contribution in [0.2, 0.25) is 0 Å². The molecule has 0 fully saturated rings. The number of rotatable bonds is 5. The number of benzene rings is 1. The van der Waals surface area contributed by atoms with Crippen molar-refractivity contribution in [3.63, 3.8) is 0 Å². The van der Waals surface area contributed by atoms with Crippen LogP contribution in [0.1, 0.15) is 30.5 Å². The molecule has 0 amide bonds. The Morgan fingerprint density at radius 3 is 2.44 bits per heavy atom. The highest BCUT2D eigenvalue weighted by Gasteiger charge is 2.12. The lowest BCUT2D eigenvalue weighted by molar-refractivity contribution is -0.137. The van der Waals surface area contributed by atoms with Gasteiger partial charge in [0.15, 0.2) is 0 Å². The van der Waals surface area contributed by atoms with Crippen molar-refractivity contribution in [2.24, 2.45) is 0 Å². The average Bonchev–Trinajstić information content (AvgIpc) is 2.26. The zero-order valence-electron chi connectivity index (χ0n) is 10.1. The van der Waals surface area contributed by atoms with Crippen molar-refractivity contribution in [1.82, 2.24) is 4.90 Å². The SMILES string of the molecule is Cc1ccc(C(C)N(C)CCC(=O)O)cc1. The number of hydrogen-bond acceptors (Lipinski definition) is 2. The van der Waals surface area contributed by atoms with Crippen molar-refractivity contribution in [3.05, 3.63) is 35.4 Å². The Morgan fingerprint density at radius 1 is 1.38 bits per heavy atom. The van der Waals surface area contributed by atoms with E-state index in [0.29, 0.717) is 6.54 Å². The molecule has 0 saturated carbocycles. The Labute approximate surface area is 96.7 Å². The van der Waals surface area contributed by atoms with Crippen LogP contribution in [0.4, 0.5) is 0 Å². The van der Waals surface area contributed by atoms with Crippen LogP contribution in [0.25, 0.3) is 0 Å². The minimum Gasteiger partial charge on any atom is -0.481 e. The van der Waals surface area contributed by atoms with Gasteiger partial charge < -0.3 is 5.11 Å². The normalized spacial score (nSPS) is 12.8. The number of hydrogen-bond donors (Lipinski definition) is 1. The van der Waals surface area contributed by atoms with Crippen molar-refractivity contribution in [2.45, 2.75) is 26.3 Å². The van der Waals surface area contributed by atoms with Gasteiger partial charge in [-0.2, -0.15) is 0 Å². The van der Waals surface area contributed by atoms with E-state index in [9.17, 15) is 4.79 Å². The molecule has 0 heterocycles. The van der Waals surface area contributed by atoms with E-state index in [-0.39, 0.29) is 12.5 Å². The molecular formula is C13H19NO2. The fraction of sp³-hybridized carbons (Fsp3) is 0.462. The number of nitrogens with zero attached hydrogens (tertiary/aromatic N) is 1. The number of aryl methyl sites for hydroxylation is 1. The molecule has 88 valence electrons. The molecule has 3 heteroatoms. The Kier molecular flexibility index (Phi) is 4.50. The van der Waals surface area contributed by atoms with Crippen LogP contribution in [0.3, 0.4) is 0 Å². The minimum absolute atomic E-state index is 0.187. The molecule has 0 saturated heterocycles. The first-order chi connectivity index (χ1) is 7.50. The third-order valence-electron chi connectivity index (χ3n) is 2.90. The third kappa shape index (κ3) is 3.66. The number of carbonyl (C=O) groups is 1. The van der Waals surface area contributed by atoms with Gasteiger partial charge in [0, 0.05) is 12.6 Å². The van der Waals surface area contributed by atoms with E-state index >= 15 is 0 Å². The maximum Gasteiger partial charge on any atom is 0.304 e. The quantitative estimate of drug-likeness (QED) is 0.830. The lowest BCUT2D eigenvalue weighted by Gasteiger charge is -2.24. The number of carboxylic acids is 1. The summed E-state index contributed by atoms with van der Waals surface area (Å²) in [6.07, 6.45) is 0.187. The Balaban J connectivity index is 2.59. The maximum absolute atomic E-state index is 10.5. The fourth-order valence-corrected chi connectivity index (χ4v) is 1.57. The van der Waals surface area contributed by atoms with Gasteiger partial charge in [-0.3, -0.25) is 9.69 Å². The van der Waals surface area contributed by atoms with Gasteiger partial charge >= 0.3 is 5.97 Å². The first-order valence-corrected chi connectivity index (χ1v) is 5.49. The van der Waals surface area contributed by atoms with Gasteiger partial charge in [-0.25, -0.2) is 0 Å². The van der Waals surface area contributed by atoms with Crippen molar-refractivity contribution in [3.8, 4) is 0 Å². The number of carboxylic acid groups (broad SMARTS) is 1. The van der Waals surface area contributed by atoms with Crippen molar-refractivity contribution >= 4 is 5.97 Å². The molecule has 1 N–H and O–H groups in total. The molecule has 16 heavy (non-hydrogen) atoms. The summed E-state index contributed by atoms with van der Waals surface area (Å²) in [6.45, 7) is 4.72. The Hall–Kier alpha value is -1.35. The van der Waals surface area contributed by atoms with E-state index in [0.717, 1.165) is 0 Å². The predicted octanol–water partition coefficient (Wildman–Crippen LogP) is 2.46. The van der Waals surface area contributed by atoms with Crippen LogP contribution < -0.4 is 0 Å². The molecule has 1 unspecified atom stereocenters. The second kappa shape index (κ2) is 5.66. The molecule has 0 radical (unpaired) electrons. The minimum atomic E-state index is -0.747. The van der Waals surface area contributed by atoms with Crippen molar-refractivity contribution < 1.29 is 9.90 Å². The van der Waals surface area contributed by atoms with Crippen molar-refractivity contribution in [1.29, 1.82) is 0 Å². The second-order valence-corrected chi connectivity index (χ2v) is 4.21. The fourth-order valence-electron chi connectivity index (χ4n) is 1.57. The van der Waals surface area contributed by atoms with Gasteiger partial charge in [0.05, 0.1) is 6.42 Å². The summed E-state index contributed by atoms with van der Waals surface area (Å²) >= 11 is 0. The summed E-state index contributed by atoms with van der Waals surface area (Å²) < 4.78 is 0. The molecule has 0 spiro atoms. The molecule has 0 aliphatic carbocycles. The van der Waals surface area contributed by atoms with E-state index in [4.69, 9.17) is 5.11 Å². The van der Waals surface area contributed by atoms with E-state index in [1.54, 1.807) is 0 Å². The first kappa shape index (κ1) is 12.7. The zero-order chi connectivity index (χ0) is 12.1. The van der Waals surface area contributed by atoms with Gasteiger partial charge in [0.1, 0.15) is 0 Å². The van der Waals surface area contributed by atoms with Crippen molar-refractivity contribution in [2.75, 3.05) is 13.6 Å². The average molecular weight is 221 g/mol. The highest BCUT2D eigenvalue weighted by Crippen LogP contribution is 2.18. The topological polar surface area (TPSA) is 40.5 Å². The van der Waals surface area contributed by atoms with Gasteiger partial charge in [0.2, 0.25) is 0 Å². The monoisotopic (exact) mass is 221 g/mol. The highest BCUT2D eigenvalue weighted by atomic mass is 16.4. The predicted molar refractivity (Wildman–Crippen MR) is 64.5 cm³/mol. The lowest BCUT2D eigenvalue weighted by Crippen LogP contribution is -2.25. The van der Waals surface area contributed by atoms with Crippen LogP contribution >= 0.6 is 0 Å². The summed E-state index contributed by atoms with van der Waals surface area (Å²) in [5.74, 6) is -0.747. The lowest BCUT2D eigenvalue weighted by atomic mass is 10.1. The molecule has 1 aromatic rings. The smallest absolute Gasteiger partial charge is 0.304 e. The van der Waals surface area contributed by atoms with Crippen LogP contribution in [0.15, 0.2) is 24.3 Å². The molecule has 0 aliphatic rings. The van der Waals surface area contributed by atoms with E-state index in [1.807, 2.05) is 7.05 Å². The van der Waals surface area contributed by atoms with Gasteiger partial charge in [-0.15, -0.1) is 0 Å². The van der Waals surface area contributed by atoms with Gasteiger partial charge in [-0.1, -0.05) is 29.8 Å². The Bertz CT molecular complexity index is 345. The van der Waals surface area contributed by atoms with Gasteiger partial charge in [-0.05, 0) is 26.5 Å². The molecule has 3 nitrogen and oxygen atoms in total. The summed E-state index contributed by atoms with van der Waals surface area (Å²) in [4.78, 5) is 12.5. The Morgan fingerprint density at radius 2 is 1.94 bits per heavy atom. The second-order valence-electron chi connectivity index (χ2n) is 4.21. The van der Waals surface area contributed by atoms with Gasteiger partial charge in [0.25, 0.3) is 0 Å². The maximum atomic E-state index is 10.5. The highest BCUT2D eigenvalue weighted by molar-refractivity contribution is 5.66. The van der Waals surface area contributed by atoms with Crippen LogP contribution in [0.5, 0.6) is 0 Å². The summed E-state index contributed by atoms with van der Waals surface area (Å²) in [5, 5.41) is 8.62. The zero-order valence-corrected chi connectivity index (χ0v) is 10.1. The molecule has 1 atom stereocenters.